The third-order valence-electron chi connectivity index (χ3n) is 2.73. The van der Waals surface area contributed by atoms with Gasteiger partial charge in [0, 0.05) is 11.1 Å². The predicted octanol–water partition coefficient (Wildman–Crippen LogP) is 3.30. The maximum Gasteiger partial charge on any atom is 0.328 e. The molecule has 0 saturated heterocycles. The van der Waals surface area contributed by atoms with Crippen molar-refractivity contribution in [3.8, 4) is 0 Å². The third-order valence-corrected chi connectivity index (χ3v) is 2.98. The minimum absolute atomic E-state index is 0.478. The van der Waals surface area contributed by atoms with Crippen LogP contribution in [0.5, 0.6) is 0 Å². The number of aliphatic carboxylic acids is 1. The van der Waals surface area contributed by atoms with Gasteiger partial charge in [0.1, 0.15) is 0 Å². The number of hydrogen-bond acceptors (Lipinski definition) is 1. The quantitative estimate of drug-likeness (QED) is 0.815. The molecule has 1 aliphatic rings. The monoisotopic (exact) mass is 236 g/mol. The minimum Gasteiger partial charge on any atom is -0.478 e. The second-order valence-electron chi connectivity index (χ2n) is 4.14. The van der Waals surface area contributed by atoms with Gasteiger partial charge < -0.3 is 5.11 Å². The van der Waals surface area contributed by atoms with Gasteiger partial charge in [-0.1, -0.05) is 29.3 Å². The fraction of sp³-hybridized carbons (Fsp3) is 0.308. The van der Waals surface area contributed by atoms with Crippen LogP contribution in [0, 0.1) is 5.92 Å². The van der Waals surface area contributed by atoms with Crippen LogP contribution in [0.4, 0.5) is 0 Å². The Balaban J connectivity index is 2.11. The molecule has 0 spiro atoms. The van der Waals surface area contributed by atoms with Crippen molar-refractivity contribution in [2.45, 2.75) is 19.3 Å². The molecule has 0 radical (unpaired) electrons. The third kappa shape index (κ3) is 3.11. The lowest BCUT2D eigenvalue weighted by molar-refractivity contribution is -0.131. The Morgan fingerprint density at radius 2 is 2.00 bits per heavy atom. The van der Waals surface area contributed by atoms with Crippen molar-refractivity contribution in [3.05, 3.63) is 46.5 Å². The SMILES string of the molecule is O=C(O)/C=C(/Cc1ccc(Cl)cc1)C1CC1. The van der Waals surface area contributed by atoms with Gasteiger partial charge in [0.05, 0.1) is 0 Å². The summed E-state index contributed by atoms with van der Waals surface area (Å²) >= 11 is 5.80. The van der Waals surface area contributed by atoms with Gasteiger partial charge in [0.25, 0.3) is 0 Å². The molecule has 0 heterocycles. The molecule has 0 unspecified atom stereocenters. The molecule has 2 rings (SSSR count). The summed E-state index contributed by atoms with van der Waals surface area (Å²) in [6, 6.07) is 7.56. The first-order valence-corrected chi connectivity index (χ1v) is 5.71. The number of halogens is 1. The van der Waals surface area contributed by atoms with E-state index in [-0.39, 0.29) is 0 Å². The molecule has 0 atom stereocenters. The number of hydrogen-bond donors (Lipinski definition) is 1. The lowest BCUT2D eigenvalue weighted by Gasteiger charge is -2.05. The molecule has 16 heavy (non-hydrogen) atoms. The average Bonchev–Trinajstić information content (AvgIpc) is 3.03. The maximum atomic E-state index is 10.7. The molecule has 1 aromatic carbocycles. The summed E-state index contributed by atoms with van der Waals surface area (Å²) in [6.45, 7) is 0. The van der Waals surface area contributed by atoms with Crippen molar-refractivity contribution in [1.82, 2.24) is 0 Å². The Labute approximate surface area is 99.5 Å². The fourth-order valence-electron chi connectivity index (χ4n) is 1.76. The van der Waals surface area contributed by atoms with Gasteiger partial charge in [-0.3, -0.25) is 0 Å². The molecule has 0 amide bonds. The number of carbonyl (C=O) groups is 1. The van der Waals surface area contributed by atoms with Crippen LogP contribution in [0.2, 0.25) is 5.02 Å². The molecule has 0 aromatic heterocycles. The molecular weight excluding hydrogens is 224 g/mol. The average molecular weight is 237 g/mol. The largest absolute Gasteiger partial charge is 0.478 e. The summed E-state index contributed by atoms with van der Waals surface area (Å²) in [4.78, 5) is 10.7. The highest BCUT2D eigenvalue weighted by Gasteiger charge is 2.26. The van der Waals surface area contributed by atoms with Crippen LogP contribution in [0.15, 0.2) is 35.9 Å². The fourth-order valence-corrected chi connectivity index (χ4v) is 1.89. The zero-order valence-electron chi connectivity index (χ0n) is 8.82. The van der Waals surface area contributed by atoms with Gasteiger partial charge in [-0.05, 0) is 42.9 Å². The Hall–Kier alpha value is -1.28. The molecule has 84 valence electrons. The summed E-state index contributed by atoms with van der Waals surface area (Å²) in [5, 5.41) is 9.49. The van der Waals surface area contributed by atoms with Crippen molar-refractivity contribution in [1.29, 1.82) is 0 Å². The van der Waals surface area contributed by atoms with Crippen LogP contribution in [0.3, 0.4) is 0 Å². The van der Waals surface area contributed by atoms with Crippen molar-refractivity contribution in [2.24, 2.45) is 5.92 Å². The molecule has 0 aliphatic heterocycles. The van der Waals surface area contributed by atoms with Crippen molar-refractivity contribution in [2.75, 3.05) is 0 Å². The van der Waals surface area contributed by atoms with E-state index in [1.807, 2.05) is 24.3 Å². The normalized spacial score (nSPS) is 16.2. The van der Waals surface area contributed by atoms with E-state index in [1.165, 1.54) is 6.08 Å². The summed E-state index contributed by atoms with van der Waals surface area (Å²) in [5.74, 6) is -0.373. The second kappa shape index (κ2) is 4.71. The number of allylic oxidation sites excluding steroid dienone is 1. The molecular formula is C13H13ClO2. The Kier molecular flexibility index (Phi) is 3.30. The molecule has 0 bridgehead atoms. The highest BCUT2D eigenvalue weighted by molar-refractivity contribution is 6.30. The first-order valence-electron chi connectivity index (χ1n) is 5.33. The van der Waals surface area contributed by atoms with Gasteiger partial charge in [-0.15, -0.1) is 0 Å². The van der Waals surface area contributed by atoms with Crippen molar-refractivity contribution >= 4 is 17.6 Å². The summed E-state index contributed by atoms with van der Waals surface area (Å²) in [7, 11) is 0. The zero-order chi connectivity index (χ0) is 11.5. The number of rotatable bonds is 4. The van der Waals surface area contributed by atoms with E-state index in [0.29, 0.717) is 17.4 Å². The molecule has 1 N–H and O–H groups in total. The van der Waals surface area contributed by atoms with Gasteiger partial charge in [0.2, 0.25) is 0 Å². The van der Waals surface area contributed by atoms with Gasteiger partial charge >= 0.3 is 5.97 Å². The van der Waals surface area contributed by atoms with Crippen molar-refractivity contribution < 1.29 is 9.90 Å². The van der Waals surface area contributed by atoms with E-state index >= 15 is 0 Å². The number of benzene rings is 1. The molecule has 1 aromatic rings. The molecule has 1 fully saturated rings. The molecule has 1 saturated carbocycles. The highest BCUT2D eigenvalue weighted by atomic mass is 35.5. The lowest BCUT2D eigenvalue weighted by atomic mass is 10.0. The van der Waals surface area contributed by atoms with Crippen LogP contribution in [0.1, 0.15) is 18.4 Å². The van der Waals surface area contributed by atoms with E-state index in [4.69, 9.17) is 16.7 Å². The smallest absolute Gasteiger partial charge is 0.328 e. The number of carboxylic acids is 1. The van der Waals surface area contributed by atoms with Crippen LogP contribution in [0.25, 0.3) is 0 Å². The number of carboxylic acid groups (broad SMARTS) is 1. The molecule has 1 aliphatic carbocycles. The zero-order valence-corrected chi connectivity index (χ0v) is 9.57. The van der Waals surface area contributed by atoms with E-state index < -0.39 is 5.97 Å². The predicted molar refractivity (Wildman–Crippen MR) is 63.6 cm³/mol. The summed E-state index contributed by atoms with van der Waals surface area (Å²) in [6.07, 6.45) is 4.31. The van der Waals surface area contributed by atoms with Crippen LogP contribution in [-0.4, -0.2) is 11.1 Å². The maximum absolute atomic E-state index is 10.7. The first kappa shape index (κ1) is 11.2. The van der Waals surface area contributed by atoms with Gasteiger partial charge in [-0.2, -0.15) is 0 Å². The minimum atomic E-state index is -0.851. The second-order valence-corrected chi connectivity index (χ2v) is 4.57. The standard InChI is InChI=1S/C13H13ClO2/c14-12-5-1-9(2-6-12)7-11(8-13(15)16)10-3-4-10/h1-2,5-6,8,10H,3-4,7H2,(H,15,16)/b11-8-. The molecule has 2 nitrogen and oxygen atoms in total. The Morgan fingerprint density at radius 3 is 2.50 bits per heavy atom. The summed E-state index contributed by atoms with van der Waals surface area (Å²) < 4.78 is 0. The van der Waals surface area contributed by atoms with E-state index in [1.54, 1.807) is 0 Å². The summed E-state index contributed by atoms with van der Waals surface area (Å²) in [5.41, 5.74) is 2.14. The van der Waals surface area contributed by atoms with Gasteiger partial charge in [0.15, 0.2) is 0 Å². The van der Waals surface area contributed by atoms with Crippen LogP contribution in [-0.2, 0) is 11.2 Å². The van der Waals surface area contributed by atoms with Gasteiger partial charge in [-0.25, -0.2) is 4.79 Å². The lowest BCUT2D eigenvalue weighted by Crippen LogP contribution is -1.98. The van der Waals surface area contributed by atoms with E-state index in [9.17, 15) is 4.79 Å². The Morgan fingerprint density at radius 1 is 1.38 bits per heavy atom. The molecule has 3 heteroatoms. The first-order chi connectivity index (χ1) is 7.65. The van der Waals surface area contributed by atoms with Crippen molar-refractivity contribution in [3.63, 3.8) is 0 Å². The topological polar surface area (TPSA) is 37.3 Å². The van der Waals surface area contributed by atoms with E-state index in [0.717, 1.165) is 24.0 Å². The highest BCUT2D eigenvalue weighted by Crippen LogP contribution is 2.38. The Bertz CT molecular complexity index is 416. The van der Waals surface area contributed by atoms with Crippen LogP contribution < -0.4 is 0 Å². The van der Waals surface area contributed by atoms with Crippen LogP contribution >= 0.6 is 11.6 Å². The van der Waals surface area contributed by atoms with E-state index in [2.05, 4.69) is 0 Å².